The Morgan fingerprint density at radius 3 is 0.591 bits per heavy atom. The van der Waals surface area contributed by atoms with Gasteiger partial charge in [0.25, 0.3) is 0 Å². The van der Waals surface area contributed by atoms with Crippen LogP contribution >= 0.6 is 0 Å². The number of rotatable bonds is 11. The standard InChI is InChI=1S/C64H58Si2/c1-45-27-35-53(36-28-45)61-57(49-19-11-7-12-20-49)58(50-21-13-8-14-22-50)62(54-37-29-46(2)30-38-54)65(61,5)43-44-66(6)63(55-39-31-47(3)32-40-55)59(51-23-15-9-16-24-51)60(52-25-17-10-18-26-52)64(66)56-41-33-48(4)34-42-56/h7-42H,43-44H2,1-6H3. The molecule has 0 aromatic heterocycles. The highest BCUT2D eigenvalue weighted by atomic mass is 28.3. The molecule has 0 radical (unpaired) electrons. The Morgan fingerprint density at radius 1 is 0.227 bits per heavy atom. The first kappa shape index (κ1) is 43.1. The van der Waals surface area contributed by atoms with Gasteiger partial charge < -0.3 is 0 Å². The molecule has 10 rings (SSSR count). The van der Waals surface area contributed by atoms with Crippen molar-refractivity contribution in [1.29, 1.82) is 0 Å². The molecule has 0 nitrogen and oxygen atoms in total. The molecular formula is C64H58Si2. The summed E-state index contributed by atoms with van der Waals surface area (Å²) < 4.78 is 0. The van der Waals surface area contributed by atoms with Gasteiger partial charge in [0.15, 0.2) is 0 Å². The van der Waals surface area contributed by atoms with Gasteiger partial charge in [-0.2, -0.15) is 0 Å². The van der Waals surface area contributed by atoms with Gasteiger partial charge in [0.05, 0.1) is 0 Å². The smallest absolute Gasteiger partial charge is 0.0622 e. The minimum Gasteiger partial charge on any atom is -0.0622 e. The van der Waals surface area contributed by atoms with E-state index in [-0.39, 0.29) is 0 Å². The summed E-state index contributed by atoms with van der Waals surface area (Å²) >= 11 is 0. The first-order chi connectivity index (χ1) is 32.1. The second-order valence-electron chi connectivity index (χ2n) is 19.1. The van der Waals surface area contributed by atoms with E-state index in [0.717, 1.165) is 12.1 Å². The highest BCUT2D eigenvalue weighted by molar-refractivity contribution is 7.17. The van der Waals surface area contributed by atoms with Crippen molar-refractivity contribution in [2.24, 2.45) is 0 Å². The quantitative estimate of drug-likeness (QED) is 0.114. The van der Waals surface area contributed by atoms with Gasteiger partial charge >= 0.3 is 0 Å². The van der Waals surface area contributed by atoms with Crippen molar-refractivity contribution in [2.75, 3.05) is 0 Å². The fourth-order valence-electron chi connectivity index (χ4n) is 11.2. The van der Waals surface area contributed by atoms with Gasteiger partial charge in [-0.15, -0.1) is 0 Å². The molecule has 0 N–H and O–H groups in total. The second-order valence-corrected chi connectivity index (χ2v) is 27.4. The molecule has 0 unspecified atom stereocenters. The second kappa shape index (κ2) is 17.9. The van der Waals surface area contributed by atoms with Crippen molar-refractivity contribution < 1.29 is 0 Å². The maximum atomic E-state index is 2.73. The van der Waals surface area contributed by atoms with Gasteiger partial charge in [0, 0.05) is 0 Å². The van der Waals surface area contributed by atoms with Crippen LogP contribution in [0.3, 0.4) is 0 Å². The van der Waals surface area contributed by atoms with Crippen LogP contribution in [-0.2, 0) is 0 Å². The van der Waals surface area contributed by atoms with E-state index < -0.39 is 16.1 Å². The first-order valence-corrected chi connectivity index (χ1v) is 29.0. The van der Waals surface area contributed by atoms with Crippen LogP contribution in [0.4, 0.5) is 0 Å². The summed E-state index contributed by atoms with van der Waals surface area (Å²) in [6.07, 6.45) is 0. The van der Waals surface area contributed by atoms with Crippen LogP contribution in [-0.4, -0.2) is 16.1 Å². The summed E-state index contributed by atoms with van der Waals surface area (Å²) in [6.45, 7) is 14.3. The molecule has 8 aromatic carbocycles. The van der Waals surface area contributed by atoms with Crippen molar-refractivity contribution >= 4 is 59.2 Å². The molecule has 322 valence electrons. The molecular weight excluding hydrogens is 825 g/mol. The zero-order chi connectivity index (χ0) is 45.4. The van der Waals surface area contributed by atoms with E-state index in [1.165, 1.54) is 89.1 Å². The normalized spacial score (nSPS) is 15.5. The lowest BCUT2D eigenvalue weighted by molar-refractivity contribution is 1.32. The first-order valence-electron chi connectivity index (χ1n) is 23.6. The molecule has 0 atom stereocenters. The van der Waals surface area contributed by atoms with E-state index in [4.69, 9.17) is 0 Å². The van der Waals surface area contributed by atoms with E-state index in [1.807, 2.05) is 0 Å². The molecule has 2 heteroatoms. The summed E-state index contributed by atoms with van der Waals surface area (Å²) in [4.78, 5) is 0. The molecule has 66 heavy (non-hydrogen) atoms. The fourth-order valence-corrected chi connectivity index (χ4v) is 23.2. The predicted octanol–water partition coefficient (Wildman–Crippen LogP) is 17.0. The van der Waals surface area contributed by atoms with Gasteiger partial charge in [-0.25, -0.2) is 0 Å². The summed E-state index contributed by atoms with van der Waals surface area (Å²) in [5, 5.41) is 6.19. The molecule has 0 amide bonds. The van der Waals surface area contributed by atoms with Crippen molar-refractivity contribution in [1.82, 2.24) is 0 Å². The number of allylic oxidation sites excluding steroid dienone is 4. The van der Waals surface area contributed by atoms with Crippen LogP contribution in [0, 0.1) is 27.7 Å². The topological polar surface area (TPSA) is 0 Å². The third-order valence-electron chi connectivity index (χ3n) is 14.4. The molecule has 0 spiro atoms. The van der Waals surface area contributed by atoms with E-state index in [9.17, 15) is 0 Å². The molecule has 2 aliphatic heterocycles. The molecule has 0 saturated heterocycles. The highest BCUT2D eigenvalue weighted by Gasteiger charge is 2.52. The summed E-state index contributed by atoms with van der Waals surface area (Å²) in [5.74, 6) is 0. The highest BCUT2D eigenvalue weighted by Crippen LogP contribution is 2.61. The summed E-state index contributed by atoms with van der Waals surface area (Å²) in [7, 11) is -5.40. The third kappa shape index (κ3) is 7.78. The lowest BCUT2D eigenvalue weighted by Crippen LogP contribution is -2.39. The van der Waals surface area contributed by atoms with Crippen molar-refractivity contribution in [2.45, 2.75) is 52.9 Å². The molecule has 0 fully saturated rings. The van der Waals surface area contributed by atoms with Crippen LogP contribution in [0.2, 0.25) is 25.2 Å². The average Bonchev–Trinajstić information content (AvgIpc) is 3.79. The Labute approximate surface area is 395 Å². The molecule has 0 saturated carbocycles. The molecule has 0 aliphatic carbocycles. The SMILES string of the molecule is Cc1ccc(C2=C(c3ccccc3)C(c3ccccc3)=C(c3ccc(C)cc3)[Si]2(C)CC[Si]2(C)C(c3ccc(C)cc3)=C(c3ccccc3)C(c3ccccc3)=C2c2ccc(C)cc2)cc1. The van der Waals surface area contributed by atoms with Crippen LogP contribution < -0.4 is 0 Å². The summed E-state index contributed by atoms with van der Waals surface area (Å²) in [5.41, 5.74) is 21.3. The van der Waals surface area contributed by atoms with Gasteiger partial charge in [-0.1, -0.05) is 266 Å². The van der Waals surface area contributed by atoms with Crippen molar-refractivity contribution in [3.8, 4) is 0 Å². The molecule has 0 bridgehead atoms. The zero-order valence-corrected chi connectivity index (χ0v) is 41.2. The Hall–Kier alpha value is -6.85. The minimum absolute atomic E-state index is 1.09. The van der Waals surface area contributed by atoms with E-state index in [2.05, 4.69) is 259 Å². The number of hydrogen-bond acceptors (Lipinski definition) is 0. The van der Waals surface area contributed by atoms with Gasteiger partial charge in [0.2, 0.25) is 0 Å². The lowest BCUT2D eigenvalue weighted by Gasteiger charge is -2.37. The van der Waals surface area contributed by atoms with E-state index in [0.29, 0.717) is 0 Å². The zero-order valence-electron chi connectivity index (χ0n) is 39.2. The summed E-state index contributed by atoms with van der Waals surface area (Å²) in [6, 6.07) is 85.4. The average molecular weight is 883 g/mol. The van der Waals surface area contributed by atoms with Gasteiger partial charge in [0.1, 0.15) is 16.1 Å². The number of hydrogen-bond donors (Lipinski definition) is 0. The molecule has 8 aromatic rings. The lowest BCUT2D eigenvalue weighted by atomic mass is 9.89. The Morgan fingerprint density at radius 2 is 0.409 bits per heavy atom. The molecule has 2 aliphatic rings. The Kier molecular flexibility index (Phi) is 11.6. The number of aryl methyl sites for hydroxylation is 4. The van der Waals surface area contributed by atoms with E-state index in [1.54, 1.807) is 20.8 Å². The van der Waals surface area contributed by atoms with E-state index >= 15 is 0 Å². The van der Waals surface area contributed by atoms with Crippen LogP contribution in [0.5, 0.6) is 0 Å². The van der Waals surface area contributed by atoms with Gasteiger partial charge in [-0.3, -0.25) is 0 Å². The van der Waals surface area contributed by atoms with Gasteiger partial charge in [-0.05, 0) is 115 Å². The largest absolute Gasteiger partial charge is 0.118 e. The molecule has 2 heterocycles. The minimum atomic E-state index is -2.70. The van der Waals surface area contributed by atoms with Crippen molar-refractivity contribution in [3.63, 3.8) is 0 Å². The Balaban J connectivity index is 1.30. The van der Waals surface area contributed by atoms with Crippen LogP contribution in [0.1, 0.15) is 66.8 Å². The van der Waals surface area contributed by atoms with Crippen LogP contribution in [0.15, 0.2) is 218 Å². The number of benzene rings is 8. The predicted molar refractivity (Wildman–Crippen MR) is 291 cm³/mol. The van der Waals surface area contributed by atoms with Crippen molar-refractivity contribution in [3.05, 3.63) is 285 Å². The maximum absolute atomic E-state index is 2.73. The monoisotopic (exact) mass is 882 g/mol. The third-order valence-corrected chi connectivity index (χ3v) is 24.0. The maximum Gasteiger partial charge on any atom is 0.118 e. The van der Waals surface area contributed by atoms with Crippen LogP contribution in [0.25, 0.3) is 43.1 Å². The Bertz CT molecular complexity index is 2720. The fraction of sp³-hybridized carbons (Fsp3) is 0.125.